The maximum Gasteiger partial charge on any atom is 0.158 e. The molecule has 21 heavy (non-hydrogen) atoms. The quantitative estimate of drug-likeness (QED) is 0.922. The lowest BCUT2D eigenvalue weighted by Gasteiger charge is -2.06. The Morgan fingerprint density at radius 2 is 2.19 bits per heavy atom. The van der Waals surface area contributed by atoms with E-state index in [-0.39, 0.29) is 5.02 Å². The van der Waals surface area contributed by atoms with Gasteiger partial charge in [-0.2, -0.15) is 0 Å². The molecule has 3 rings (SSSR count). The van der Waals surface area contributed by atoms with Gasteiger partial charge in [-0.15, -0.1) is 0 Å². The van der Waals surface area contributed by atoms with Crippen molar-refractivity contribution in [2.24, 2.45) is 0 Å². The first-order valence-electron chi connectivity index (χ1n) is 7.20. The van der Waals surface area contributed by atoms with Gasteiger partial charge in [0, 0.05) is 12.2 Å². The number of halogens is 2. The van der Waals surface area contributed by atoms with Gasteiger partial charge in [0.15, 0.2) is 5.76 Å². The van der Waals surface area contributed by atoms with Crippen molar-refractivity contribution in [1.82, 2.24) is 0 Å². The Labute approximate surface area is 128 Å². The first-order chi connectivity index (χ1) is 10.2. The molecule has 0 saturated carbocycles. The lowest BCUT2D eigenvalue weighted by Crippen LogP contribution is -2.84. The molecule has 1 aliphatic heterocycles. The van der Waals surface area contributed by atoms with Crippen molar-refractivity contribution in [2.75, 3.05) is 13.2 Å². The molecular formula is C16H18ClFNO2+. The fraction of sp³-hybridized carbons (Fsp3) is 0.375. The molecule has 1 saturated heterocycles. The molecule has 5 heteroatoms. The predicted molar refractivity (Wildman–Crippen MR) is 78.6 cm³/mol. The van der Waals surface area contributed by atoms with E-state index in [1.807, 2.05) is 12.1 Å². The Morgan fingerprint density at radius 3 is 2.95 bits per heavy atom. The number of hydrogen-bond donors (Lipinski definition) is 1. The Kier molecular flexibility index (Phi) is 4.58. The molecule has 0 spiro atoms. The van der Waals surface area contributed by atoms with Crippen LogP contribution in [-0.2, 0) is 11.3 Å². The maximum atomic E-state index is 13.2. The largest absolute Gasteiger partial charge is 0.455 e. The lowest BCUT2D eigenvalue weighted by atomic mass is 10.2. The van der Waals surface area contributed by atoms with Crippen molar-refractivity contribution >= 4 is 11.6 Å². The van der Waals surface area contributed by atoms with Gasteiger partial charge in [0.25, 0.3) is 0 Å². The molecule has 2 N–H and O–H groups in total. The fourth-order valence-electron chi connectivity index (χ4n) is 2.53. The third kappa shape index (κ3) is 3.64. The van der Waals surface area contributed by atoms with Crippen molar-refractivity contribution in [3.63, 3.8) is 0 Å². The Balaban J connectivity index is 1.58. The third-order valence-corrected chi connectivity index (χ3v) is 3.95. The van der Waals surface area contributed by atoms with Crippen LogP contribution < -0.4 is 5.32 Å². The zero-order chi connectivity index (χ0) is 14.7. The summed E-state index contributed by atoms with van der Waals surface area (Å²) >= 11 is 5.79. The van der Waals surface area contributed by atoms with Gasteiger partial charge < -0.3 is 14.5 Å². The van der Waals surface area contributed by atoms with Crippen LogP contribution in [0.1, 0.15) is 18.6 Å². The highest BCUT2D eigenvalue weighted by molar-refractivity contribution is 6.31. The molecule has 1 aliphatic rings. The van der Waals surface area contributed by atoms with Crippen molar-refractivity contribution in [3.05, 3.63) is 46.9 Å². The molecule has 0 bridgehead atoms. The van der Waals surface area contributed by atoms with Crippen LogP contribution in [-0.4, -0.2) is 19.3 Å². The third-order valence-electron chi connectivity index (χ3n) is 3.66. The van der Waals surface area contributed by atoms with Gasteiger partial charge in [-0.1, -0.05) is 11.6 Å². The average Bonchev–Trinajstić information content (AvgIpc) is 3.13. The van der Waals surface area contributed by atoms with Gasteiger partial charge in [-0.25, -0.2) is 4.39 Å². The van der Waals surface area contributed by atoms with Crippen molar-refractivity contribution in [1.29, 1.82) is 0 Å². The standard InChI is InChI=1S/C16H17ClFNO2/c17-14-8-11(3-5-15(14)18)16-6-4-13(21-16)10-19-9-12-2-1-7-20-12/h3-6,8,12,19H,1-2,7,9-10H2/p+1/t12-/m1/s1. The van der Waals surface area contributed by atoms with E-state index in [1.165, 1.54) is 6.07 Å². The molecular weight excluding hydrogens is 293 g/mol. The summed E-state index contributed by atoms with van der Waals surface area (Å²) in [6.07, 6.45) is 2.68. The fourth-order valence-corrected chi connectivity index (χ4v) is 2.71. The van der Waals surface area contributed by atoms with E-state index in [2.05, 4.69) is 5.32 Å². The highest BCUT2D eigenvalue weighted by Crippen LogP contribution is 2.26. The van der Waals surface area contributed by atoms with Crippen LogP contribution in [0, 0.1) is 5.82 Å². The molecule has 3 nitrogen and oxygen atoms in total. The minimum absolute atomic E-state index is 0.107. The highest BCUT2D eigenvalue weighted by Gasteiger charge is 2.17. The number of ether oxygens (including phenoxy) is 1. The molecule has 1 atom stereocenters. The van der Waals surface area contributed by atoms with Crippen LogP contribution in [0.2, 0.25) is 5.02 Å². The summed E-state index contributed by atoms with van der Waals surface area (Å²) in [5, 5.41) is 2.30. The van der Waals surface area contributed by atoms with Crippen LogP contribution in [0.25, 0.3) is 11.3 Å². The Bertz CT molecular complexity index is 608. The van der Waals surface area contributed by atoms with Crippen LogP contribution in [0.3, 0.4) is 0 Å². The molecule has 112 valence electrons. The monoisotopic (exact) mass is 310 g/mol. The number of quaternary nitrogens is 1. The van der Waals surface area contributed by atoms with E-state index >= 15 is 0 Å². The molecule has 2 heterocycles. The van der Waals surface area contributed by atoms with E-state index in [1.54, 1.807) is 12.1 Å². The zero-order valence-corrected chi connectivity index (χ0v) is 12.4. The summed E-state index contributed by atoms with van der Waals surface area (Å²) in [6, 6.07) is 8.43. The first kappa shape index (κ1) is 14.6. The summed E-state index contributed by atoms with van der Waals surface area (Å²) in [4.78, 5) is 0. The summed E-state index contributed by atoms with van der Waals surface area (Å²) in [5.74, 6) is 1.18. The lowest BCUT2D eigenvalue weighted by molar-refractivity contribution is -0.677. The molecule has 1 aromatic heterocycles. The van der Waals surface area contributed by atoms with Gasteiger partial charge in [0.05, 0.1) is 5.02 Å². The Hall–Kier alpha value is -1.36. The molecule has 2 aromatic rings. The zero-order valence-electron chi connectivity index (χ0n) is 11.6. The van der Waals surface area contributed by atoms with E-state index in [4.69, 9.17) is 20.8 Å². The highest BCUT2D eigenvalue weighted by atomic mass is 35.5. The van der Waals surface area contributed by atoms with Crippen LogP contribution in [0.4, 0.5) is 4.39 Å². The maximum absolute atomic E-state index is 13.2. The molecule has 0 radical (unpaired) electrons. The Morgan fingerprint density at radius 1 is 1.29 bits per heavy atom. The second kappa shape index (κ2) is 6.60. The number of furan rings is 1. The molecule has 0 unspecified atom stereocenters. The number of hydrogen-bond acceptors (Lipinski definition) is 2. The second-order valence-electron chi connectivity index (χ2n) is 5.26. The van der Waals surface area contributed by atoms with E-state index in [9.17, 15) is 4.39 Å². The second-order valence-corrected chi connectivity index (χ2v) is 5.67. The summed E-state index contributed by atoms with van der Waals surface area (Å²) in [7, 11) is 0. The minimum atomic E-state index is -0.419. The first-order valence-corrected chi connectivity index (χ1v) is 7.57. The molecule has 0 aliphatic carbocycles. The van der Waals surface area contributed by atoms with E-state index in [0.717, 1.165) is 43.9 Å². The van der Waals surface area contributed by atoms with Crippen LogP contribution >= 0.6 is 11.6 Å². The summed E-state index contributed by atoms with van der Waals surface area (Å²) in [6.45, 7) is 2.61. The van der Waals surface area contributed by atoms with Crippen molar-refractivity contribution in [2.45, 2.75) is 25.5 Å². The van der Waals surface area contributed by atoms with E-state index < -0.39 is 5.82 Å². The summed E-state index contributed by atoms with van der Waals surface area (Å²) in [5.41, 5.74) is 0.784. The summed E-state index contributed by atoms with van der Waals surface area (Å²) < 4.78 is 24.5. The minimum Gasteiger partial charge on any atom is -0.455 e. The van der Waals surface area contributed by atoms with Gasteiger partial charge in [0.2, 0.25) is 0 Å². The number of rotatable bonds is 5. The van der Waals surface area contributed by atoms with Crippen LogP contribution in [0.5, 0.6) is 0 Å². The van der Waals surface area contributed by atoms with E-state index in [0.29, 0.717) is 11.9 Å². The van der Waals surface area contributed by atoms with Gasteiger partial charge >= 0.3 is 0 Å². The van der Waals surface area contributed by atoms with Gasteiger partial charge in [0.1, 0.15) is 30.8 Å². The van der Waals surface area contributed by atoms with Crippen molar-refractivity contribution in [3.8, 4) is 11.3 Å². The smallest absolute Gasteiger partial charge is 0.158 e. The predicted octanol–water partition coefficient (Wildman–Crippen LogP) is 2.98. The van der Waals surface area contributed by atoms with Crippen molar-refractivity contribution < 1.29 is 18.9 Å². The number of nitrogens with two attached hydrogens (primary N) is 1. The van der Waals surface area contributed by atoms with Gasteiger partial charge in [-0.05, 0) is 43.2 Å². The molecule has 1 fully saturated rings. The molecule has 0 amide bonds. The van der Waals surface area contributed by atoms with Gasteiger partial charge in [-0.3, -0.25) is 0 Å². The molecule has 1 aromatic carbocycles. The number of benzene rings is 1. The SMILES string of the molecule is Fc1ccc(-c2ccc(C[NH2+]C[C@H]3CCCO3)o2)cc1Cl. The van der Waals surface area contributed by atoms with Crippen LogP contribution in [0.15, 0.2) is 34.7 Å². The topological polar surface area (TPSA) is 39.0 Å². The average molecular weight is 311 g/mol. The normalized spacial score (nSPS) is 18.3.